The Morgan fingerprint density at radius 3 is 3.00 bits per heavy atom. The van der Waals surface area contributed by atoms with Gasteiger partial charge in [-0.15, -0.1) is 0 Å². The van der Waals surface area contributed by atoms with Crippen LogP contribution in [0.15, 0.2) is 23.0 Å². The van der Waals surface area contributed by atoms with Crippen molar-refractivity contribution in [2.24, 2.45) is 11.7 Å². The normalized spacial score (nSPS) is 27.3. The molecule has 2 rings (SSSR count). The lowest BCUT2D eigenvalue weighted by molar-refractivity contribution is -0.0282. The first-order chi connectivity index (χ1) is 7.29. The van der Waals surface area contributed by atoms with Gasteiger partial charge in [0.1, 0.15) is 0 Å². The molecule has 1 atom stereocenters. The van der Waals surface area contributed by atoms with Gasteiger partial charge < -0.3 is 14.9 Å². The van der Waals surface area contributed by atoms with Gasteiger partial charge in [-0.05, 0) is 38.2 Å². The molecule has 0 bridgehead atoms. The average Bonchev–Trinajstić information content (AvgIpc) is 2.67. The first-order valence-electron chi connectivity index (χ1n) is 5.69. The van der Waals surface area contributed by atoms with E-state index in [0.29, 0.717) is 6.10 Å². The molecule has 0 spiro atoms. The van der Waals surface area contributed by atoms with E-state index in [2.05, 4.69) is 0 Å². The molecule has 3 heteroatoms. The highest BCUT2D eigenvalue weighted by Gasteiger charge is 2.30. The van der Waals surface area contributed by atoms with E-state index in [9.17, 15) is 0 Å². The van der Waals surface area contributed by atoms with Crippen LogP contribution in [0.5, 0.6) is 0 Å². The Bertz CT molecular complexity index is 278. The molecule has 0 aromatic carbocycles. The third-order valence-corrected chi connectivity index (χ3v) is 3.15. The van der Waals surface area contributed by atoms with Crippen molar-refractivity contribution >= 4 is 0 Å². The Morgan fingerprint density at radius 1 is 1.60 bits per heavy atom. The third kappa shape index (κ3) is 2.61. The molecule has 84 valence electrons. The fourth-order valence-corrected chi connectivity index (χ4v) is 2.22. The van der Waals surface area contributed by atoms with Gasteiger partial charge in [0.2, 0.25) is 0 Å². The molecule has 1 aliphatic carbocycles. The van der Waals surface area contributed by atoms with Gasteiger partial charge in [-0.1, -0.05) is 0 Å². The number of hydrogen-bond donors (Lipinski definition) is 1. The maximum atomic E-state index is 6.07. The molecule has 15 heavy (non-hydrogen) atoms. The van der Waals surface area contributed by atoms with E-state index >= 15 is 0 Å². The lowest BCUT2D eigenvalue weighted by Gasteiger charge is -2.36. The molecule has 1 aromatic rings. The van der Waals surface area contributed by atoms with E-state index < -0.39 is 0 Å². The van der Waals surface area contributed by atoms with Gasteiger partial charge in [-0.3, -0.25) is 0 Å². The summed E-state index contributed by atoms with van der Waals surface area (Å²) in [6, 6.07) is 2.07. The lowest BCUT2D eigenvalue weighted by Crippen LogP contribution is -2.33. The van der Waals surface area contributed by atoms with Crippen molar-refractivity contribution in [1.29, 1.82) is 0 Å². The molecule has 0 aliphatic heterocycles. The van der Waals surface area contributed by atoms with E-state index in [1.807, 2.05) is 13.0 Å². The summed E-state index contributed by atoms with van der Waals surface area (Å²) in [5, 5.41) is 0. The highest BCUT2D eigenvalue weighted by Crippen LogP contribution is 2.36. The summed E-state index contributed by atoms with van der Waals surface area (Å²) in [5.74, 6) is 0.728. The summed E-state index contributed by atoms with van der Waals surface area (Å²) in [6.07, 6.45) is 7.28. The molecule has 1 heterocycles. The third-order valence-electron chi connectivity index (χ3n) is 3.15. The fraction of sp³-hybridized carbons (Fsp3) is 0.667. The summed E-state index contributed by atoms with van der Waals surface area (Å²) in [7, 11) is 0. The molecule has 1 unspecified atom stereocenters. The minimum Gasteiger partial charge on any atom is -0.472 e. The van der Waals surface area contributed by atoms with E-state index in [4.69, 9.17) is 14.9 Å². The molecule has 1 fully saturated rings. The van der Waals surface area contributed by atoms with Crippen molar-refractivity contribution in [2.75, 3.05) is 6.61 Å². The summed E-state index contributed by atoms with van der Waals surface area (Å²) in [5.41, 5.74) is 7.17. The number of hydrogen-bond acceptors (Lipinski definition) is 3. The smallest absolute Gasteiger partial charge is 0.0950 e. The van der Waals surface area contributed by atoms with E-state index in [1.54, 1.807) is 12.5 Å². The number of ether oxygens (including phenoxy) is 1. The Kier molecular flexibility index (Phi) is 3.44. The van der Waals surface area contributed by atoms with Crippen molar-refractivity contribution in [2.45, 2.75) is 38.3 Å². The molecule has 0 amide bonds. The minimum absolute atomic E-state index is 0.122. The molecule has 3 nitrogen and oxygen atoms in total. The summed E-state index contributed by atoms with van der Waals surface area (Å²) < 4.78 is 10.5. The van der Waals surface area contributed by atoms with Crippen LogP contribution < -0.4 is 5.73 Å². The second kappa shape index (κ2) is 4.81. The van der Waals surface area contributed by atoms with Crippen molar-refractivity contribution in [3.05, 3.63) is 24.2 Å². The first-order valence-corrected chi connectivity index (χ1v) is 5.69. The quantitative estimate of drug-likeness (QED) is 0.810. The standard InChI is InChI=1S/C12H19NO2/c1-2-15-11-5-9(6-11)7-12(13)10-3-4-14-8-10/h3-4,8-9,11-12H,2,5-7,13H2,1H3. The van der Waals surface area contributed by atoms with Gasteiger partial charge in [0.25, 0.3) is 0 Å². The van der Waals surface area contributed by atoms with Crippen molar-refractivity contribution in [3.63, 3.8) is 0 Å². The van der Waals surface area contributed by atoms with Crippen molar-refractivity contribution in [1.82, 2.24) is 0 Å². The summed E-state index contributed by atoms with van der Waals surface area (Å²) in [4.78, 5) is 0. The van der Waals surface area contributed by atoms with Gasteiger partial charge in [-0.25, -0.2) is 0 Å². The Morgan fingerprint density at radius 2 is 2.40 bits per heavy atom. The van der Waals surface area contributed by atoms with Gasteiger partial charge in [0.15, 0.2) is 0 Å². The molecule has 1 aromatic heterocycles. The van der Waals surface area contributed by atoms with Gasteiger partial charge >= 0.3 is 0 Å². The number of furan rings is 1. The summed E-state index contributed by atoms with van der Waals surface area (Å²) in [6.45, 7) is 2.87. The van der Waals surface area contributed by atoms with Crippen molar-refractivity contribution in [3.8, 4) is 0 Å². The van der Waals surface area contributed by atoms with Crippen LogP contribution in [0.3, 0.4) is 0 Å². The maximum Gasteiger partial charge on any atom is 0.0950 e. The zero-order chi connectivity index (χ0) is 10.7. The van der Waals surface area contributed by atoms with Crippen LogP contribution in [-0.2, 0) is 4.74 Å². The maximum absolute atomic E-state index is 6.07. The van der Waals surface area contributed by atoms with Gasteiger partial charge in [0, 0.05) is 18.2 Å². The SMILES string of the molecule is CCOC1CC(CC(N)c2ccoc2)C1. The predicted octanol–water partition coefficient (Wildman–Crippen LogP) is 2.48. The molecule has 0 saturated heterocycles. The van der Waals surface area contributed by atoms with Gasteiger partial charge in [-0.2, -0.15) is 0 Å². The number of nitrogens with two attached hydrogens (primary N) is 1. The second-order valence-electron chi connectivity index (χ2n) is 4.31. The van der Waals surface area contributed by atoms with Crippen molar-refractivity contribution < 1.29 is 9.15 Å². The zero-order valence-electron chi connectivity index (χ0n) is 9.19. The highest BCUT2D eigenvalue weighted by atomic mass is 16.5. The van der Waals surface area contributed by atoms with E-state index in [-0.39, 0.29) is 6.04 Å². The Hall–Kier alpha value is -0.800. The largest absolute Gasteiger partial charge is 0.472 e. The predicted molar refractivity (Wildman–Crippen MR) is 58.4 cm³/mol. The van der Waals surface area contributed by atoms with Crippen LogP contribution >= 0.6 is 0 Å². The first kappa shape index (κ1) is 10.7. The van der Waals surface area contributed by atoms with Crippen LogP contribution in [0.2, 0.25) is 0 Å². The van der Waals surface area contributed by atoms with Gasteiger partial charge in [0.05, 0.1) is 18.6 Å². The summed E-state index contributed by atoms with van der Waals surface area (Å²) >= 11 is 0. The van der Waals surface area contributed by atoms with E-state index in [1.165, 1.54) is 12.8 Å². The topological polar surface area (TPSA) is 48.4 Å². The second-order valence-corrected chi connectivity index (χ2v) is 4.31. The molecular formula is C12H19NO2. The number of rotatable bonds is 5. The molecule has 1 saturated carbocycles. The molecule has 2 N–H and O–H groups in total. The van der Waals surface area contributed by atoms with Crippen LogP contribution in [0, 0.1) is 5.92 Å². The minimum atomic E-state index is 0.122. The molecule has 0 radical (unpaired) electrons. The average molecular weight is 209 g/mol. The fourth-order valence-electron chi connectivity index (χ4n) is 2.22. The highest BCUT2D eigenvalue weighted by molar-refractivity contribution is 5.11. The van der Waals surface area contributed by atoms with Crippen LogP contribution in [0.4, 0.5) is 0 Å². The zero-order valence-corrected chi connectivity index (χ0v) is 9.19. The van der Waals surface area contributed by atoms with Crippen LogP contribution in [0.1, 0.15) is 37.8 Å². The lowest BCUT2D eigenvalue weighted by atomic mass is 9.77. The Balaban J connectivity index is 1.71. The molecular weight excluding hydrogens is 190 g/mol. The monoisotopic (exact) mass is 209 g/mol. The van der Waals surface area contributed by atoms with Crippen LogP contribution in [-0.4, -0.2) is 12.7 Å². The molecule has 1 aliphatic rings. The van der Waals surface area contributed by atoms with Crippen LogP contribution in [0.25, 0.3) is 0 Å². The Labute approximate surface area is 90.6 Å². The van der Waals surface area contributed by atoms with E-state index in [0.717, 1.165) is 24.5 Å².